The van der Waals surface area contributed by atoms with Crippen LogP contribution in [0.5, 0.6) is 0 Å². The van der Waals surface area contributed by atoms with Crippen LogP contribution in [0.1, 0.15) is 23.6 Å². The second-order valence-electron chi connectivity index (χ2n) is 9.62. The smallest absolute Gasteiger partial charge is 0.258 e. The second kappa shape index (κ2) is 10.3. The van der Waals surface area contributed by atoms with Gasteiger partial charge in [-0.2, -0.15) is 4.31 Å². The van der Waals surface area contributed by atoms with Gasteiger partial charge in [0.05, 0.1) is 23.8 Å². The number of halogens is 1. The Morgan fingerprint density at radius 2 is 1.74 bits per heavy atom. The molecule has 0 bridgehead atoms. The number of nitrogens with zero attached hydrogens (tertiary/aromatic N) is 3. The molecule has 3 heterocycles. The third-order valence-corrected chi connectivity index (χ3v) is 9.63. The molecular formula is C30H28ClN3O4S. The summed E-state index contributed by atoms with van der Waals surface area (Å²) in [6.45, 7) is 4.34. The van der Waals surface area contributed by atoms with E-state index in [2.05, 4.69) is 4.57 Å². The highest BCUT2D eigenvalue weighted by Gasteiger charge is 2.34. The van der Waals surface area contributed by atoms with Gasteiger partial charge in [-0.25, -0.2) is 8.42 Å². The van der Waals surface area contributed by atoms with Gasteiger partial charge < -0.3 is 14.2 Å². The van der Waals surface area contributed by atoms with E-state index in [0.717, 1.165) is 27.7 Å². The number of sulfonamides is 1. The molecule has 1 saturated heterocycles. The van der Waals surface area contributed by atoms with Crippen molar-refractivity contribution in [3.8, 4) is 0 Å². The number of aromatic nitrogens is 1. The zero-order chi connectivity index (χ0) is 27.1. The van der Waals surface area contributed by atoms with Crippen molar-refractivity contribution in [2.24, 2.45) is 0 Å². The number of hydrogen-bond donors (Lipinski definition) is 0. The van der Waals surface area contributed by atoms with Crippen LogP contribution < -0.4 is 4.90 Å². The molecule has 4 aromatic rings. The largest absolute Gasteiger partial charge is 0.379 e. The fraction of sp³-hybridized carbons (Fsp3) is 0.233. The molecular weight excluding hydrogens is 534 g/mol. The summed E-state index contributed by atoms with van der Waals surface area (Å²) in [6.07, 6.45) is 3.91. The summed E-state index contributed by atoms with van der Waals surface area (Å²) in [4.78, 5) is 15.5. The van der Waals surface area contributed by atoms with Crippen molar-refractivity contribution in [2.45, 2.75) is 18.4 Å². The van der Waals surface area contributed by atoms with Gasteiger partial charge in [0.25, 0.3) is 5.91 Å². The lowest BCUT2D eigenvalue weighted by atomic mass is 10.0. The van der Waals surface area contributed by atoms with Crippen molar-refractivity contribution < 1.29 is 17.9 Å². The quantitative estimate of drug-likeness (QED) is 0.301. The van der Waals surface area contributed by atoms with Gasteiger partial charge in [-0.3, -0.25) is 4.79 Å². The number of carbonyl (C=O) groups excluding carboxylic acids is 1. The Hall–Kier alpha value is -3.43. The molecule has 6 rings (SSSR count). The number of amides is 1. The molecule has 0 N–H and O–H groups in total. The number of ether oxygens (including phenoxy) is 1. The molecule has 1 amide bonds. The van der Waals surface area contributed by atoms with E-state index >= 15 is 0 Å². The van der Waals surface area contributed by atoms with Gasteiger partial charge in [-0.1, -0.05) is 48.0 Å². The summed E-state index contributed by atoms with van der Waals surface area (Å²) in [5.74, 6) is -0.142. The summed E-state index contributed by atoms with van der Waals surface area (Å²) in [5, 5.41) is 1.70. The zero-order valence-electron chi connectivity index (χ0n) is 21.5. The molecule has 7 nitrogen and oxygen atoms in total. The molecule has 2 aliphatic heterocycles. The first-order valence-corrected chi connectivity index (χ1v) is 14.8. The maximum absolute atomic E-state index is 13.6. The summed E-state index contributed by atoms with van der Waals surface area (Å²) < 4.78 is 35.7. The van der Waals surface area contributed by atoms with Gasteiger partial charge in [-0.05, 0) is 48.9 Å². The maximum Gasteiger partial charge on any atom is 0.258 e. The van der Waals surface area contributed by atoms with E-state index in [1.165, 1.54) is 4.31 Å². The monoisotopic (exact) mass is 561 g/mol. The van der Waals surface area contributed by atoms with Gasteiger partial charge >= 0.3 is 0 Å². The van der Waals surface area contributed by atoms with Crippen molar-refractivity contribution >= 4 is 55.8 Å². The standard InChI is InChI=1S/C30H28ClN3O4S/c1-2-34-29-12-11-23(39(36,37)33-13-15-38-16-14-33)18-25(29)26(30(34)35)17-22-20-32(28-10-6-4-8-24(22)28)19-21-7-3-5-9-27(21)31/h3-12,17-18,20H,2,13-16,19H2,1H3. The number of likely N-dealkylation sites (N-methyl/N-ethyl adjacent to an activating group) is 1. The first kappa shape index (κ1) is 25.8. The van der Waals surface area contributed by atoms with Crippen molar-refractivity contribution in [1.82, 2.24) is 8.87 Å². The number of anilines is 1. The van der Waals surface area contributed by atoms with Gasteiger partial charge in [0.1, 0.15) is 0 Å². The highest BCUT2D eigenvalue weighted by Crippen LogP contribution is 2.40. The van der Waals surface area contributed by atoms with Crippen molar-refractivity contribution in [1.29, 1.82) is 0 Å². The molecule has 0 saturated carbocycles. The predicted octanol–water partition coefficient (Wildman–Crippen LogP) is 5.27. The van der Waals surface area contributed by atoms with Gasteiger partial charge in [-0.15, -0.1) is 0 Å². The van der Waals surface area contributed by atoms with E-state index in [1.54, 1.807) is 23.1 Å². The molecule has 0 aliphatic carbocycles. The molecule has 39 heavy (non-hydrogen) atoms. The van der Waals surface area contributed by atoms with Gasteiger partial charge in [0, 0.05) is 65.0 Å². The number of carbonyl (C=O) groups is 1. The summed E-state index contributed by atoms with van der Waals surface area (Å²) in [7, 11) is -3.71. The van der Waals surface area contributed by atoms with Crippen molar-refractivity contribution in [3.05, 3.63) is 94.6 Å². The molecule has 0 spiro atoms. The molecule has 0 unspecified atom stereocenters. The minimum absolute atomic E-state index is 0.142. The van der Waals surface area contributed by atoms with E-state index in [4.69, 9.17) is 16.3 Å². The predicted molar refractivity (Wildman–Crippen MR) is 154 cm³/mol. The Bertz CT molecular complexity index is 1720. The molecule has 200 valence electrons. The third kappa shape index (κ3) is 4.57. The molecule has 1 fully saturated rings. The first-order valence-electron chi connectivity index (χ1n) is 13.0. The van der Waals surface area contributed by atoms with Crippen LogP contribution in [0, 0.1) is 0 Å². The van der Waals surface area contributed by atoms with Crippen LogP contribution in [-0.4, -0.2) is 56.0 Å². The fourth-order valence-electron chi connectivity index (χ4n) is 5.37. The SMILES string of the molecule is CCN1C(=O)C(=Cc2cn(Cc3ccccc3Cl)c3ccccc23)c2cc(S(=O)(=O)N3CCOCC3)ccc21. The second-order valence-corrected chi connectivity index (χ2v) is 12.0. The summed E-state index contributed by atoms with van der Waals surface area (Å²) in [6, 6.07) is 20.8. The highest BCUT2D eigenvalue weighted by atomic mass is 35.5. The minimum Gasteiger partial charge on any atom is -0.379 e. The maximum atomic E-state index is 13.6. The number of hydrogen-bond acceptors (Lipinski definition) is 4. The molecule has 0 atom stereocenters. The number of para-hydroxylation sites is 1. The Kier molecular flexibility index (Phi) is 6.81. The van der Waals surface area contributed by atoms with Crippen molar-refractivity contribution in [3.63, 3.8) is 0 Å². The molecule has 1 aromatic heterocycles. The molecule has 2 aliphatic rings. The van der Waals surface area contributed by atoms with Crippen LogP contribution in [0.15, 0.2) is 77.8 Å². The Morgan fingerprint density at radius 3 is 2.51 bits per heavy atom. The average Bonchev–Trinajstić information content (AvgIpc) is 3.44. The molecule has 0 radical (unpaired) electrons. The first-order chi connectivity index (χ1) is 18.9. The number of benzene rings is 3. The lowest BCUT2D eigenvalue weighted by Crippen LogP contribution is -2.40. The summed E-state index contributed by atoms with van der Waals surface area (Å²) in [5.41, 5.74) is 4.72. The van der Waals surface area contributed by atoms with Gasteiger partial charge in [0.15, 0.2) is 0 Å². The topological polar surface area (TPSA) is 71.9 Å². The van der Waals surface area contributed by atoms with Gasteiger partial charge in [0.2, 0.25) is 10.0 Å². The van der Waals surface area contributed by atoms with E-state index < -0.39 is 10.0 Å². The minimum atomic E-state index is -3.71. The number of fused-ring (bicyclic) bond motifs is 2. The fourth-order valence-corrected chi connectivity index (χ4v) is 7.00. The Balaban J connectivity index is 1.46. The number of morpholine rings is 1. The van der Waals surface area contributed by atoms with Crippen LogP contribution in [0.25, 0.3) is 22.6 Å². The van der Waals surface area contributed by atoms with Crippen LogP contribution >= 0.6 is 11.6 Å². The van der Waals surface area contributed by atoms with Crippen LogP contribution in [0.4, 0.5) is 5.69 Å². The van der Waals surface area contributed by atoms with E-state index in [9.17, 15) is 13.2 Å². The van der Waals surface area contributed by atoms with Crippen molar-refractivity contribution in [2.75, 3.05) is 37.7 Å². The Labute approximate surface area is 232 Å². The lowest BCUT2D eigenvalue weighted by molar-refractivity contribution is -0.112. The Morgan fingerprint density at radius 1 is 1.00 bits per heavy atom. The van der Waals surface area contributed by atoms with Crippen LogP contribution in [-0.2, 0) is 26.1 Å². The summed E-state index contributed by atoms with van der Waals surface area (Å²) >= 11 is 6.45. The van der Waals surface area contributed by atoms with E-state index in [-0.39, 0.29) is 10.8 Å². The lowest BCUT2D eigenvalue weighted by Gasteiger charge is -2.26. The zero-order valence-corrected chi connectivity index (χ0v) is 23.1. The van der Waals surface area contributed by atoms with E-state index in [0.29, 0.717) is 55.6 Å². The van der Waals surface area contributed by atoms with Crippen LogP contribution in [0.3, 0.4) is 0 Å². The molecule has 3 aromatic carbocycles. The van der Waals surface area contributed by atoms with Crippen LogP contribution in [0.2, 0.25) is 5.02 Å². The third-order valence-electron chi connectivity index (χ3n) is 7.37. The normalized spacial score (nSPS) is 17.3. The van der Waals surface area contributed by atoms with E-state index in [1.807, 2.05) is 67.7 Å². The number of rotatable bonds is 6. The molecule has 9 heteroatoms. The average molecular weight is 562 g/mol. The highest BCUT2D eigenvalue weighted by molar-refractivity contribution is 7.89.